The normalized spacial score (nSPS) is 12.5. The molecule has 7 heteroatoms. The van der Waals surface area contributed by atoms with E-state index in [2.05, 4.69) is 5.10 Å². The Hall–Kier alpha value is -2.02. The van der Waals surface area contributed by atoms with E-state index in [0.29, 0.717) is 24.5 Å². The van der Waals surface area contributed by atoms with Crippen LogP contribution in [0.15, 0.2) is 18.2 Å². The second kappa shape index (κ2) is 8.55. The Morgan fingerprint density at radius 3 is 2.36 bits per heavy atom. The zero-order valence-electron chi connectivity index (χ0n) is 17.4. The molecule has 0 fully saturated rings. The third-order valence-electron chi connectivity index (χ3n) is 5.06. The first-order valence-electron chi connectivity index (χ1n) is 9.35. The van der Waals surface area contributed by atoms with E-state index >= 15 is 0 Å². The molecule has 0 N–H and O–H groups in total. The van der Waals surface area contributed by atoms with Crippen molar-refractivity contribution in [2.45, 2.75) is 53.3 Å². The van der Waals surface area contributed by atoms with Crippen molar-refractivity contribution in [3.05, 3.63) is 35.0 Å². The molecule has 2 aromatic rings. The molecule has 0 radical (unpaired) electrons. The summed E-state index contributed by atoms with van der Waals surface area (Å²) in [4.78, 5) is 0. The lowest BCUT2D eigenvalue weighted by Gasteiger charge is -2.28. The van der Waals surface area contributed by atoms with Crippen LogP contribution in [0.4, 0.5) is 13.2 Å². The smallest absolute Gasteiger partial charge is 0.394 e. The lowest BCUT2D eigenvalue weighted by Crippen LogP contribution is -2.34. The van der Waals surface area contributed by atoms with Crippen LogP contribution in [0.2, 0.25) is 0 Å². The van der Waals surface area contributed by atoms with Crippen molar-refractivity contribution >= 4 is 0 Å². The highest BCUT2D eigenvalue weighted by atomic mass is 19.4. The standard InChI is InChI=1S/C21H29F3N2O2/c1-7-17-14(2)19(26(25-17)10-11-27-5)16-9-8-15(12-18(16)28-6)13-20(3,4)21(22,23)24/h8-9,12H,7,10-11,13H2,1-6H3. The Morgan fingerprint density at radius 1 is 1.14 bits per heavy atom. The Kier molecular flexibility index (Phi) is 6.80. The highest BCUT2D eigenvalue weighted by Gasteiger charge is 2.47. The van der Waals surface area contributed by atoms with Gasteiger partial charge in [-0.2, -0.15) is 18.3 Å². The second-order valence-corrected chi connectivity index (χ2v) is 7.58. The van der Waals surface area contributed by atoms with Crippen LogP contribution in [0.5, 0.6) is 5.75 Å². The number of hydrogen-bond acceptors (Lipinski definition) is 3. The summed E-state index contributed by atoms with van der Waals surface area (Å²) in [6.07, 6.45) is -3.60. The number of ether oxygens (including phenoxy) is 2. The first-order valence-corrected chi connectivity index (χ1v) is 9.35. The number of hydrogen-bond donors (Lipinski definition) is 0. The molecule has 1 aromatic heterocycles. The van der Waals surface area contributed by atoms with Gasteiger partial charge in [-0.15, -0.1) is 0 Å². The summed E-state index contributed by atoms with van der Waals surface area (Å²) in [5.74, 6) is 0.541. The van der Waals surface area contributed by atoms with Crippen molar-refractivity contribution in [3.8, 4) is 17.0 Å². The second-order valence-electron chi connectivity index (χ2n) is 7.58. The van der Waals surface area contributed by atoms with Gasteiger partial charge in [-0.3, -0.25) is 4.68 Å². The molecule has 2 rings (SSSR count). The third-order valence-corrected chi connectivity index (χ3v) is 5.06. The molecule has 0 atom stereocenters. The van der Waals surface area contributed by atoms with Crippen LogP contribution in [-0.4, -0.2) is 36.8 Å². The van der Waals surface area contributed by atoms with Crippen molar-refractivity contribution < 1.29 is 22.6 Å². The maximum atomic E-state index is 13.3. The number of aromatic nitrogens is 2. The Bertz CT molecular complexity index is 811. The molecule has 4 nitrogen and oxygen atoms in total. The van der Waals surface area contributed by atoms with Gasteiger partial charge in [0, 0.05) is 12.7 Å². The number of aryl methyl sites for hydroxylation is 1. The van der Waals surface area contributed by atoms with Gasteiger partial charge in [-0.25, -0.2) is 0 Å². The van der Waals surface area contributed by atoms with Crippen LogP contribution in [-0.2, 0) is 24.1 Å². The van der Waals surface area contributed by atoms with E-state index in [1.807, 2.05) is 24.6 Å². The van der Waals surface area contributed by atoms with E-state index in [1.165, 1.54) is 21.0 Å². The topological polar surface area (TPSA) is 36.3 Å². The van der Waals surface area contributed by atoms with E-state index in [-0.39, 0.29) is 6.42 Å². The van der Waals surface area contributed by atoms with Crippen molar-refractivity contribution in [1.82, 2.24) is 9.78 Å². The highest BCUT2D eigenvalue weighted by molar-refractivity contribution is 5.71. The largest absolute Gasteiger partial charge is 0.496 e. The van der Waals surface area contributed by atoms with Gasteiger partial charge in [0.1, 0.15) is 5.75 Å². The fourth-order valence-electron chi connectivity index (χ4n) is 3.27. The van der Waals surface area contributed by atoms with Gasteiger partial charge in [-0.05, 0) is 43.0 Å². The van der Waals surface area contributed by atoms with Crippen molar-refractivity contribution in [3.63, 3.8) is 0 Å². The zero-order valence-corrected chi connectivity index (χ0v) is 17.4. The SMILES string of the molecule is CCc1nn(CCOC)c(-c2ccc(CC(C)(C)C(F)(F)F)cc2OC)c1C. The summed E-state index contributed by atoms with van der Waals surface area (Å²) in [5.41, 5.74) is 2.52. The molecule has 0 aliphatic rings. The summed E-state index contributed by atoms with van der Waals surface area (Å²) in [5, 5.41) is 4.66. The van der Waals surface area contributed by atoms with Crippen LogP contribution in [0, 0.1) is 12.3 Å². The van der Waals surface area contributed by atoms with E-state index in [9.17, 15) is 13.2 Å². The van der Waals surface area contributed by atoms with Gasteiger partial charge < -0.3 is 9.47 Å². The lowest BCUT2D eigenvalue weighted by molar-refractivity contribution is -0.211. The van der Waals surface area contributed by atoms with Crippen molar-refractivity contribution in [2.75, 3.05) is 20.8 Å². The van der Waals surface area contributed by atoms with Crippen LogP contribution in [0.25, 0.3) is 11.3 Å². The van der Waals surface area contributed by atoms with E-state index in [0.717, 1.165) is 28.9 Å². The van der Waals surface area contributed by atoms with Gasteiger partial charge in [0.2, 0.25) is 0 Å². The first-order chi connectivity index (χ1) is 13.1. The Labute approximate surface area is 164 Å². The maximum absolute atomic E-state index is 13.3. The van der Waals surface area contributed by atoms with Crippen LogP contribution < -0.4 is 4.74 Å². The van der Waals surface area contributed by atoms with E-state index < -0.39 is 11.6 Å². The molecular formula is C21H29F3N2O2. The quantitative estimate of drug-likeness (QED) is 0.613. The van der Waals surface area contributed by atoms with Gasteiger partial charge in [0.05, 0.1) is 37.1 Å². The molecule has 28 heavy (non-hydrogen) atoms. The van der Waals surface area contributed by atoms with Crippen molar-refractivity contribution in [2.24, 2.45) is 5.41 Å². The number of nitrogens with zero attached hydrogens (tertiary/aromatic N) is 2. The number of benzene rings is 1. The minimum absolute atomic E-state index is 0.116. The molecule has 1 heterocycles. The Balaban J connectivity index is 2.49. The minimum atomic E-state index is -4.27. The van der Waals surface area contributed by atoms with Crippen LogP contribution in [0.1, 0.15) is 37.6 Å². The summed E-state index contributed by atoms with van der Waals surface area (Å²) in [7, 11) is 3.16. The number of rotatable bonds is 8. The lowest BCUT2D eigenvalue weighted by atomic mass is 9.84. The molecule has 156 valence electrons. The fourth-order valence-corrected chi connectivity index (χ4v) is 3.27. The molecule has 0 saturated carbocycles. The predicted molar refractivity (Wildman–Crippen MR) is 104 cm³/mol. The molecule has 0 aliphatic carbocycles. The molecule has 0 spiro atoms. The number of methoxy groups -OCH3 is 2. The molecule has 0 bridgehead atoms. The zero-order chi connectivity index (χ0) is 21.1. The molecule has 0 aliphatic heterocycles. The monoisotopic (exact) mass is 398 g/mol. The summed E-state index contributed by atoms with van der Waals surface area (Å²) < 4.78 is 52.4. The average molecular weight is 398 g/mol. The Morgan fingerprint density at radius 2 is 1.82 bits per heavy atom. The van der Waals surface area contributed by atoms with E-state index in [1.54, 1.807) is 19.2 Å². The molecular weight excluding hydrogens is 369 g/mol. The third kappa shape index (κ3) is 4.51. The van der Waals surface area contributed by atoms with Crippen LogP contribution in [0.3, 0.4) is 0 Å². The molecule has 0 unspecified atom stereocenters. The fraction of sp³-hybridized carbons (Fsp3) is 0.571. The summed E-state index contributed by atoms with van der Waals surface area (Å²) >= 11 is 0. The number of halogens is 3. The highest BCUT2D eigenvalue weighted by Crippen LogP contribution is 2.42. The molecule has 0 amide bonds. The molecule has 1 aromatic carbocycles. The summed E-state index contributed by atoms with van der Waals surface area (Å²) in [6.45, 7) is 7.57. The van der Waals surface area contributed by atoms with Gasteiger partial charge in [0.15, 0.2) is 0 Å². The minimum Gasteiger partial charge on any atom is -0.496 e. The van der Waals surface area contributed by atoms with Gasteiger partial charge in [0.25, 0.3) is 0 Å². The van der Waals surface area contributed by atoms with Gasteiger partial charge >= 0.3 is 6.18 Å². The van der Waals surface area contributed by atoms with Gasteiger partial charge in [-0.1, -0.05) is 26.8 Å². The average Bonchev–Trinajstić information content (AvgIpc) is 2.94. The van der Waals surface area contributed by atoms with Crippen molar-refractivity contribution in [1.29, 1.82) is 0 Å². The van der Waals surface area contributed by atoms with Crippen LogP contribution >= 0.6 is 0 Å². The first kappa shape index (κ1) is 22.3. The predicted octanol–water partition coefficient (Wildman–Crippen LogP) is 5.21. The number of alkyl halides is 3. The molecule has 0 saturated heterocycles. The maximum Gasteiger partial charge on any atom is 0.394 e. The van der Waals surface area contributed by atoms with E-state index in [4.69, 9.17) is 9.47 Å². The summed E-state index contributed by atoms with van der Waals surface area (Å²) in [6, 6.07) is 5.26.